The van der Waals surface area contributed by atoms with Crippen LogP contribution < -0.4 is 0 Å². The van der Waals surface area contributed by atoms with Gasteiger partial charge in [-0.25, -0.2) is 0 Å². The first kappa shape index (κ1) is 8.41. The summed E-state index contributed by atoms with van der Waals surface area (Å²) in [6.07, 6.45) is 4.48. The van der Waals surface area contributed by atoms with E-state index in [1.54, 1.807) is 0 Å². The molecule has 0 spiro atoms. The molecular weight excluding hydrogens is 112 g/mol. The summed E-state index contributed by atoms with van der Waals surface area (Å²) >= 11 is 0. The third kappa shape index (κ3) is 3.07. The van der Waals surface area contributed by atoms with Crippen LogP contribution in [0.1, 0.15) is 27.2 Å². The van der Waals surface area contributed by atoms with Gasteiger partial charge in [0.1, 0.15) is 5.78 Å². The summed E-state index contributed by atoms with van der Waals surface area (Å²) in [7, 11) is 0. The van der Waals surface area contributed by atoms with Crippen molar-refractivity contribution in [3.8, 4) is 0 Å². The fourth-order valence-electron chi connectivity index (χ4n) is 0.718. The molecule has 0 fully saturated rings. The largest absolute Gasteiger partial charge is 0.299 e. The standard InChI is InChI=1S/C8H14O/c1-4-6-7(3)8(9)5-2/h4,6-7H,5H2,1-3H3. The van der Waals surface area contributed by atoms with Crippen LogP contribution >= 0.6 is 0 Å². The molecule has 1 unspecified atom stereocenters. The Kier molecular flexibility index (Phi) is 4.02. The van der Waals surface area contributed by atoms with Gasteiger partial charge in [0.25, 0.3) is 0 Å². The summed E-state index contributed by atoms with van der Waals surface area (Å²) in [6.45, 7) is 5.74. The number of rotatable bonds is 3. The quantitative estimate of drug-likeness (QED) is 0.530. The Balaban J connectivity index is 3.72. The molecule has 52 valence electrons. The van der Waals surface area contributed by atoms with E-state index in [0.29, 0.717) is 12.2 Å². The molecule has 1 nitrogen and oxygen atoms in total. The molecule has 0 radical (unpaired) electrons. The van der Waals surface area contributed by atoms with E-state index in [-0.39, 0.29) is 5.92 Å². The summed E-state index contributed by atoms with van der Waals surface area (Å²) in [5.74, 6) is 0.424. The van der Waals surface area contributed by atoms with Crippen molar-refractivity contribution in [2.45, 2.75) is 27.2 Å². The number of ketones is 1. The first-order valence-electron chi connectivity index (χ1n) is 3.37. The number of carbonyl (C=O) groups excluding carboxylic acids is 1. The first-order valence-corrected chi connectivity index (χ1v) is 3.37. The lowest BCUT2D eigenvalue weighted by Crippen LogP contribution is -2.05. The lowest BCUT2D eigenvalue weighted by Gasteiger charge is -1.99. The molecule has 0 aliphatic rings. The van der Waals surface area contributed by atoms with E-state index in [1.807, 2.05) is 32.9 Å². The Morgan fingerprint density at radius 3 is 2.56 bits per heavy atom. The van der Waals surface area contributed by atoms with E-state index in [0.717, 1.165) is 0 Å². The molecule has 1 heteroatoms. The van der Waals surface area contributed by atoms with E-state index >= 15 is 0 Å². The zero-order valence-corrected chi connectivity index (χ0v) is 6.35. The molecule has 0 bridgehead atoms. The van der Waals surface area contributed by atoms with Crippen molar-refractivity contribution >= 4 is 5.78 Å². The molecule has 0 N–H and O–H groups in total. The van der Waals surface area contributed by atoms with Crippen LogP contribution in [0.4, 0.5) is 0 Å². The van der Waals surface area contributed by atoms with Crippen LogP contribution in [0, 0.1) is 5.92 Å². The van der Waals surface area contributed by atoms with Crippen molar-refractivity contribution in [3.05, 3.63) is 12.2 Å². The van der Waals surface area contributed by atoms with Crippen molar-refractivity contribution in [1.82, 2.24) is 0 Å². The topological polar surface area (TPSA) is 17.1 Å². The Labute approximate surface area is 56.8 Å². The van der Waals surface area contributed by atoms with E-state index in [4.69, 9.17) is 0 Å². The van der Waals surface area contributed by atoms with Crippen LogP contribution in [0.3, 0.4) is 0 Å². The third-order valence-electron chi connectivity index (χ3n) is 1.34. The molecule has 0 aliphatic carbocycles. The van der Waals surface area contributed by atoms with E-state index in [2.05, 4.69) is 0 Å². The van der Waals surface area contributed by atoms with E-state index in [9.17, 15) is 4.79 Å². The maximum atomic E-state index is 10.9. The maximum absolute atomic E-state index is 10.9. The minimum Gasteiger partial charge on any atom is -0.299 e. The zero-order chi connectivity index (χ0) is 7.28. The number of Topliss-reactive ketones (excluding diaryl/α,β-unsaturated/α-hetero) is 1. The molecule has 0 amide bonds. The highest BCUT2D eigenvalue weighted by Gasteiger charge is 2.04. The normalized spacial score (nSPS) is 14.1. The van der Waals surface area contributed by atoms with Crippen molar-refractivity contribution in [2.75, 3.05) is 0 Å². The summed E-state index contributed by atoms with van der Waals surface area (Å²) < 4.78 is 0. The van der Waals surface area contributed by atoms with Crippen molar-refractivity contribution in [2.24, 2.45) is 5.92 Å². The Hall–Kier alpha value is -0.590. The van der Waals surface area contributed by atoms with Crippen LogP contribution in [0.5, 0.6) is 0 Å². The average molecular weight is 126 g/mol. The summed E-state index contributed by atoms with van der Waals surface area (Å²) in [5, 5.41) is 0. The minimum absolute atomic E-state index is 0.111. The monoisotopic (exact) mass is 126 g/mol. The summed E-state index contributed by atoms with van der Waals surface area (Å²) in [6, 6.07) is 0. The second-order valence-electron chi connectivity index (χ2n) is 2.13. The molecule has 0 saturated heterocycles. The Bertz CT molecular complexity index is 114. The number of carbonyl (C=O) groups is 1. The van der Waals surface area contributed by atoms with Crippen LogP contribution in [0.2, 0.25) is 0 Å². The average Bonchev–Trinajstić information content (AvgIpc) is 1.87. The zero-order valence-electron chi connectivity index (χ0n) is 6.35. The van der Waals surface area contributed by atoms with Gasteiger partial charge in [-0.2, -0.15) is 0 Å². The Morgan fingerprint density at radius 1 is 1.67 bits per heavy atom. The third-order valence-corrected chi connectivity index (χ3v) is 1.34. The van der Waals surface area contributed by atoms with Gasteiger partial charge < -0.3 is 0 Å². The van der Waals surface area contributed by atoms with Gasteiger partial charge in [-0.15, -0.1) is 0 Å². The first-order chi connectivity index (χ1) is 4.22. The minimum atomic E-state index is 0.111. The summed E-state index contributed by atoms with van der Waals surface area (Å²) in [5.41, 5.74) is 0. The number of allylic oxidation sites excluding steroid dienone is 2. The van der Waals surface area contributed by atoms with Gasteiger partial charge in [0.2, 0.25) is 0 Å². The molecule has 0 rings (SSSR count). The van der Waals surface area contributed by atoms with Gasteiger partial charge in [0, 0.05) is 12.3 Å². The van der Waals surface area contributed by atoms with Crippen LogP contribution in [0.15, 0.2) is 12.2 Å². The maximum Gasteiger partial charge on any atom is 0.139 e. The van der Waals surface area contributed by atoms with Crippen LogP contribution in [-0.4, -0.2) is 5.78 Å². The predicted octanol–water partition coefficient (Wildman–Crippen LogP) is 2.18. The number of hydrogen-bond acceptors (Lipinski definition) is 1. The van der Waals surface area contributed by atoms with Gasteiger partial charge in [-0.1, -0.05) is 26.0 Å². The second-order valence-corrected chi connectivity index (χ2v) is 2.13. The molecule has 0 saturated carbocycles. The molecule has 0 aromatic rings. The fourth-order valence-corrected chi connectivity index (χ4v) is 0.718. The smallest absolute Gasteiger partial charge is 0.139 e. The van der Waals surface area contributed by atoms with Gasteiger partial charge in [-0.05, 0) is 6.92 Å². The summed E-state index contributed by atoms with van der Waals surface area (Å²) in [4.78, 5) is 10.9. The second kappa shape index (κ2) is 4.30. The molecule has 0 heterocycles. The molecule has 9 heavy (non-hydrogen) atoms. The SMILES string of the molecule is CC=CC(C)C(=O)CC. The Morgan fingerprint density at radius 2 is 2.22 bits per heavy atom. The van der Waals surface area contributed by atoms with Gasteiger partial charge in [0.05, 0.1) is 0 Å². The van der Waals surface area contributed by atoms with Gasteiger partial charge in [0.15, 0.2) is 0 Å². The van der Waals surface area contributed by atoms with Crippen LogP contribution in [0.25, 0.3) is 0 Å². The molecule has 0 aromatic carbocycles. The van der Waals surface area contributed by atoms with E-state index in [1.165, 1.54) is 0 Å². The van der Waals surface area contributed by atoms with Crippen molar-refractivity contribution in [3.63, 3.8) is 0 Å². The van der Waals surface area contributed by atoms with Gasteiger partial charge >= 0.3 is 0 Å². The highest BCUT2D eigenvalue weighted by molar-refractivity contribution is 5.81. The number of hydrogen-bond donors (Lipinski definition) is 0. The van der Waals surface area contributed by atoms with Crippen LogP contribution in [-0.2, 0) is 4.79 Å². The van der Waals surface area contributed by atoms with Gasteiger partial charge in [-0.3, -0.25) is 4.79 Å². The molecule has 0 aromatic heterocycles. The lowest BCUT2D eigenvalue weighted by atomic mass is 10.0. The molecular formula is C8H14O. The van der Waals surface area contributed by atoms with Crippen molar-refractivity contribution < 1.29 is 4.79 Å². The predicted molar refractivity (Wildman–Crippen MR) is 39.3 cm³/mol. The highest BCUT2D eigenvalue weighted by Crippen LogP contribution is 2.00. The lowest BCUT2D eigenvalue weighted by molar-refractivity contribution is -0.120. The fraction of sp³-hybridized carbons (Fsp3) is 0.625. The molecule has 0 aliphatic heterocycles. The van der Waals surface area contributed by atoms with E-state index < -0.39 is 0 Å². The molecule has 1 atom stereocenters. The highest BCUT2D eigenvalue weighted by atomic mass is 16.1. The van der Waals surface area contributed by atoms with Crippen molar-refractivity contribution in [1.29, 1.82) is 0 Å².